The molecule has 5 heteroatoms. The van der Waals surface area contributed by atoms with Crippen molar-refractivity contribution in [1.29, 1.82) is 0 Å². The summed E-state index contributed by atoms with van der Waals surface area (Å²) in [5, 5.41) is 12.6. The van der Waals surface area contributed by atoms with Crippen molar-refractivity contribution in [3.8, 4) is 0 Å². The lowest BCUT2D eigenvalue weighted by atomic mass is 10.1. The van der Waals surface area contributed by atoms with E-state index in [1.807, 2.05) is 0 Å². The van der Waals surface area contributed by atoms with Gasteiger partial charge in [0.25, 0.3) is 0 Å². The molecule has 2 aliphatic heterocycles. The maximum atomic E-state index is 11.9. The quantitative estimate of drug-likeness (QED) is 0.716. The Kier molecular flexibility index (Phi) is 4.76. The van der Waals surface area contributed by atoms with Gasteiger partial charge in [0, 0.05) is 13.1 Å². The summed E-state index contributed by atoms with van der Waals surface area (Å²) in [7, 11) is 0. The number of nitrogens with zero attached hydrogens (tertiary/aromatic N) is 1. The van der Waals surface area contributed by atoms with Crippen LogP contribution >= 0.6 is 0 Å². The SMILES string of the molecule is O=C(COC1CCNCC1)N1CCC(O)CC1. The van der Waals surface area contributed by atoms with Gasteiger partial charge in [0.05, 0.1) is 12.2 Å². The molecule has 2 saturated heterocycles. The van der Waals surface area contributed by atoms with Gasteiger partial charge in [-0.25, -0.2) is 0 Å². The highest BCUT2D eigenvalue weighted by atomic mass is 16.5. The molecule has 2 fully saturated rings. The number of rotatable bonds is 3. The van der Waals surface area contributed by atoms with Crippen molar-refractivity contribution in [2.45, 2.75) is 37.9 Å². The second-order valence-corrected chi connectivity index (χ2v) is 4.87. The van der Waals surface area contributed by atoms with Crippen LogP contribution in [-0.4, -0.2) is 60.9 Å². The van der Waals surface area contributed by atoms with E-state index in [2.05, 4.69) is 5.32 Å². The molecule has 0 bridgehead atoms. The van der Waals surface area contributed by atoms with E-state index in [1.165, 1.54) is 0 Å². The van der Waals surface area contributed by atoms with Crippen molar-refractivity contribution in [2.24, 2.45) is 0 Å². The molecule has 2 rings (SSSR count). The van der Waals surface area contributed by atoms with Gasteiger partial charge in [-0.05, 0) is 38.8 Å². The molecule has 98 valence electrons. The van der Waals surface area contributed by atoms with Crippen molar-refractivity contribution >= 4 is 5.91 Å². The number of amides is 1. The third kappa shape index (κ3) is 3.94. The first-order valence-corrected chi connectivity index (χ1v) is 6.54. The van der Waals surface area contributed by atoms with Gasteiger partial charge in [-0.1, -0.05) is 0 Å². The number of nitrogens with one attached hydrogen (secondary N) is 1. The molecule has 0 aromatic carbocycles. The zero-order valence-corrected chi connectivity index (χ0v) is 10.2. The molecule has 17 heavy (non-hydrogen) atoms. The van der Waals surface area contributed by atoms with Crippen molar-refractivity contribution in [1.82, 2.24) is 10.2 Å². The van der Waals surface area contributed by atoms with Crippen LogP contribution in [0.4, 0.5) is 0 Å². The van der Waals surface area contributed by atoms with E-state index in [1.54, 1.807) is 4.90 Å². The van der Waals surface area contributed by atoms with E-state index in [0.717, 1.165) is 25.9 Å². The lowest BCUT2D eigenvalue weighted by Gasteiger charge is -2.30. The zero-order chi connectivity index (χ0) is 12.1. The van der Waals surface area contributed by atoms with Crippen LogP contribution in [0.1, 0.15) is 25.7 Å². The first kappa shape index (κ1) is 12.8. The number of aliphatic hydroxyl groups is 1. The molecule has 0 spiro atoms. The molecule has 0 atom stereocenters. The van der Waals surface area contributed by atoms with Gasteiger partial charge in [-0.3, -0.25) is 4.79 Å². The lowest BCUT2D eigenvalue weighted by Crippen LogP contribution is -2.43. The van der Waals surface area contributed by atoms with Gasteiger partial charge in [-0.15, -0.1) is 0 Å². The second kappa shape index (κ2) is 6.33. The Hall–Kier alpha value is -0.650. The molecule has 0 aliphatic carbocycles. The highest BCUT2D eigenvalue weighted by Gasteiger charge is 2.22. The van der Waals surface area contributed by atoms with Crippen LogP contribution in [0, 0.1) is 0 Å². The highest BCUT2D eigenvalue weighted by molar-refractivity contribution is 5.77. The summed E-state index contributed by atoms with van der Waals surface area (Å²) < 4.78 is 5.63. The highest BCUT2D eigenvalue weighted by Crippen LogP contribution is 2.11. The molecule has 1 amide bonds. The molecular formula is C12H22N2O3. The monoisotopic (exact) mass is 242 g/mol. The summed E-state index contributed by atoms with van der Waals surface area (Å²) in [5.41, 5.74) is 0. The Morgan fingerprint density at radius 3 is 2.53 bits per heavy atom. The topological polar surface area (TPSA) is 61.8 Å². The van der Waals surface area contributed by atoms with Crippen molar-refractivity contribution in [3.63, 3.8) is 0 Å². The van der Waals surface area contributed by atoms with E-state index >= 15 is 0 Å². The van der Waals surface area contributed by atoms with E-state index in [-0.39, 0.29) is 24.7 Å². The Morgan fingerprint density at radius 2 is 1.88 bits per heavy atom. The number of hydrogen-bond acceptors (Lipinski definition) is 4. The average Bonchev–Trinajstić information content (AvgIpc) is 2.38. The molecule has 2 N–H and O–H groups in total. The van der Waals surface area contributed by atoms with Gasteiger partial charge in [-0.2, -0.15) is 0 Å². The molecule has 0 aromatic heterocycles. The van der Waals surface area contributed by atoms with E-state index in [0.29, 0.717) is 25.9 Å². The standard InChI is InChI=1S/C12H22N2O3/c15-10-3-7-14(8-4-10)12(16)9-17-11-1-5-13-6-2-11/h10-11,13,15H,1-9H2. The molecule has 0 saturated carbocycles. The van der Waals surface area contributed by atoms with Crippen molar-refractivity contribution in [2.75, 3.05) is 32.8 Å². The maximum absolute atomic E-state index is 11.9. The van der Waals surface area contributed by atoms with Crippen LogP contribution in [-0.2, 0) is 9.53 Å². The number of carbonyl (C=O) groups excluding carboxylic acids is 1. The number of piperidine rings is 2. The number of aliphatic hydroxyl groups excluding tert-OH is 1. The minimum atomic E-state index is -0.232. The Labute approximate surface area is 102 Å². The van der Waals surface area contributed by atoms with Crippen molar-refractivity contribution < 1.29 is 14.6 Å². The summed E-state index contributed by atoms with van der Waals surface area (Å²) in [4.78, 5) is 13.7. The predicted molar refractivity (Wildman–Crippen MR) is 63.7 cm³/mol. The van der Waals surface area contributed by atoms with Gasteiger partial charge in [0.15, 0.2) is 0 Å². The van der Waals surface area contributed by atoms with Gasteiger partial charge in [0.1, 0.15) is 6.61 Å². The molecule has 0 unspecified atom stereocenters. The molecular weight excluding hydrogens is 220 g/mol. The average molecular weight is 242 g/mol. The number of hydrogen-bond donors (Lipinski definition) is 2. The maximum Gasteiger partial charge on any atom is 0.248 e. The summed E-state index contributed by atoms with van der Waals surface area (Å²) in [6, 6.07) is 0. The first-order chi connectivity index (χ1) is 8.25. The molecule has 0 aromatic rings. The van der Waals surface area contributed by atoms with Crippen LogP contribution in [0.25, 0.3) is 0 Å². The predicted octanol–water partition coefficient (Wildman–Crippen LogP) is -0.262. The van der Waals surface area contributed by atoms with E-state index < -0.39 is 0 Å². The Morgan fingerprint density at radius 1 is 1.24 bits per heavy atom. The molecule has 2 heterocycles. The number of ether oxygens (including phenoxy) is 1. The van der Waals surface area contributed by atoms with E-state index in [9.17, 15) is 9.90 Å². The first-order valence-electron chi connectivity index (χ1n) is 6.54. The normalized spacial score (nSPS) is 23.9. The molecule has 5 nitrogen and oxygen atoms in total. The van der Waals surface area contributed by atoms with Gasteiger partial charge in [0.2, 0.25) is 5.91 Å². The lowest BCUT2D eigenvalue weighted by molar-refractivity contribution is -0.140. The number of carbonyl (C=O) groups is 1. The van der Waals surface area contributed by atoms with E-state index in [4.69, 9.17) is 4.74 Å². The molecule has 0 radical (unpaired) electrons. The van der Waals surface area contributed by atoms with Crippen molar-refractivity contribution in [3.05, 3.63) is 0 Å². The third-order valence-electron chi connectivity index (χ3n) is 3.55. The fourth-order valence-electron chi connectivity index (χ4n) is 2.36. The summed E-state index contributed by atoms with van der Waals surface area (Å²) >= 11 is 0. The second-order valence-electron chi connectivity index (χ2n) is 4.87. The summed E-state index contributed by atoms with van der Waals surface area (Å²) in [6.07, 6.45) is 3.37. The van der Waals surface area contributed by atoms with Crippen LogP contribution < -0.4 is 5.32 Å². The Balaban J connectivity index is 1.66. The van der Waals surface area contributed by atoms with Gasteiger partial charge >= 0.3 is 0 Å². The minimum absolute atomic E-state index is 0.0652. The molecule has 2 aliphatic rings. The van der Waals surface area contributed by atoms with Gasteiger partial charge < -0.3 is 20.1 Å². The van der Waals surface area contributed by atoms with Crippen LogP contribution in [0.15, 0.2) is 0 Å². The zero-order valence-electron chi connectivity index (χ0n) is 10.2. The fourth-order valence-corrected chi connectivity index (χ4v) is 2.36. The number of likely N-dealkylation sites (tertiary alicyclic amines) is 1. The summed E-state index contributed by atoms with van der Waals surface area (Å²) in [6.45, 7) is 3.48. The van der Waals surface area contributed by atoms with Crippen LogP contribution in [0.3, 0.4) is 0 Å². The van der Waals surface area contributed by atoms with Crippen LogP contribution in [0.2, 0.25) is 0 Å². The smallest absolute Gasteiger partial charge is 0.248 e. The Bertz CT molecular complexity index is 246. The minimum Gasteiger partial charge on any atom is -0.393 e. The largest absolute Gasteiger partial charge is 0.393 e. The fraction of sp³-hybridized carbons (Fsp3) is 0.917. The third-order valence-corrected chi connectivity index (χ3v) is 3.55. The van der Waals surface area contributed by atoms with Crippen LogP contribution in [0.5, 0.6) is 0 Å². The summed E-state index contributed by atoms with van der Waals surface area (Å²) in [5.74, 6) is 0.0652.